The highest BCUT2D eigenvalue weighted by atomic mass is 127. The topological polar surface area (TPSA) is 44.1 Å². The van der Waals surface area contributed by atoms with Gasteiger partial charge in [0.25, 0.3) is 0 Å². The first-order chi connectivity index (χ1) is 9.45. The van der Waals surface area contributed by atoms with Gasteiger partial charge in [-0.15, -0.1) is 0 Å². The van der Waals surface area contributed by atoms with Gasteiger partial charge < -0.3 is 4.74 Å². The largest absolute Gasteiger partial charge is 0.464 e. The zero-order chi connectivity index (χ0) is 14.9. The average Bonchev–Trinajstić information content (AvgIpc) is 2.75. The molecule has 1 aromatic carbocycles. The lowest BCUT2D eigenvalue weighted by atomic mass is 10.1. The summed E-state index contributed by atoms with van der Waals surface area (Å²) in [6.45, 7) is 3.99. The summed E-state index contributed by atoms with van der Waals surface area (Å²) in [6, 6.07) is 6.12. The summed E-state index contributed by atoms with van der Waals surface area (Å²) in [4.78, 5) is 11.7. The monoisotopic (exact) mass is 388 g/mol. The maximum Gasteiger partial charge on any atom is 0.359 e. The molecule has 106 valence electrons. The molecule has 0 N–H and O–H groups in total. The van der Waals surface area contributed by atoms with Crippen molar-refractivity contribution in [2.45, 2.75) is 19.8 Å². The second kappa shape index (κ2) is 5.90. The third-order valence-electron chi connectivity index (χ3n) is 2.84. The van der Waals surface area contributed by atoms with Crippen LogP contribution in [-0.2, 0) is 4.74 Å². The number of hydrogen-bond acceptors (Lipinski definition) is 3. The first-order valence-electron chi connectivity index (χ1n) is 6.08. The van der Waals surface area contributed by atoms with Gasteiger partial charge in [0.1, 0.15) is 5.82 Å². The first kappa shape index (κ1) is 15.0. The van der Waals surface area contributed by atoms with Gasteiger partial charge in [-0.05, 0) is 46.7 Å². The summed E-state index contributed by atoms with van der Waals surface area (Å²) in [6.07, 6.45) is 0. The Morgan fingerprint density at radius 3 is 2.70 bits per heavy atom. The van der Waals surface area contributed by atoms with Crippen molar-refractivity contribution < 1.29 is 13.9 Å². The van der Waals surface area contributed by atoms with Gasteiger partial charge in [-0.3, -0.25) is 0 Å². The van der Waals surface area contributed by atoms with Crippen molar-refractivity contribution in [1.82, 2.24) is 9.78 Å². The van der Waals surface area contributed by atoms with E-state index in [1.807, 2.05) is 13.8 Å². The van der Waals surface area contributed by atoms with E-state index in [-0.39, 0.29) is 17.4 Å². The molecule has 6 heteroatoms. The molecule has 0 unspecified atom stereocenters. The predicted molar refractivity (Wildman–Crippen MR) is 81.7 cm³/mol. The van der Waals surface area contributed by atoms with Crippen molar-refractivity contribution in [3.05, 3.63) is 45.0 Å². The van der Waals surface area contributed by atoms with E-state index in [4.69, 9.17) is 4.74 Å². The number of esters is 1. The highest BCUT2D eigenvalue weighted by Gasteiger charge is 2.24. The number of carbonyl (C=O) groups excluding carboxylic acids is 1. The fourth-order valence-electron chi connectivity index (χ4n) is 1.94. The molecule has 2 aromatic rings. The number of aromatic nitrogens is 2. The van der Waals surface area contributed by atoms with Crippen LogP contribution in [0.3, 0.4) is 0 Å². The van der Waals surface area contributed by atoms with Crippen LogP contribution in [0.2, 0.25) is 0 Å². The Hall–Kier alpha value is -1.44. The Morgan fingerprint density at radius 1 is 1.45 bits per heavy atom. The number of hydrogen-bond donors (Lipinski definition) is 0. The fourth-order valence-corrected chi connectivity index (χ4v) is 3.12. The smallest absolute Gasteiger partial charge is 0.359 e. The SMILES string of the molecule is COC(=O)c1nn(-c2cccc(F)c2)c(C(C)C)c1I. The van der Waals surface area contributed by atoms with Crippen molar-refractivity contribution in [3.63, 3.8) is 0 Å². The molecule has 0 radical (unpaired) electrons. The Morgan fingerprint density at radius 2 is 2.15 bits per heavy atom. The standard InChI is InChI=1S/C14H14FIN2O2/c1-8(2)13-11(16)12(14(19)20-3)17-18(13)10-6-4-5-9(15)7-10/h4-8H,1-3H3. The minimum Gasteiger partial charge on any atom is -0.464 e. The van der Waals surface area contributed by atoms with Crippen molar-refractivity contribution in [1.29, 1.82) is 0 Å². The van der Waals surface area contributed by atoms with E-state index < -0.39 is 5.97 Å². The molecule has 0 aliphatic rings. The van der Waals surface area contributed by atoms with Crippen LogP contribution in [0.1, 0.15) is 35.9 Å². The summed E-state index contributed by atoms with van der Waals surface area (Å²) in [5.41, 5.74) is 1.69. The molecule has 0 atom stereocenters. The molecule has 0 aliphatic heterocycles. The van der Waals surface area contributed by atoms with Crippen molar-refractivity contribution in [2.75, 3.05) is 7.11 Å². The van der Waals surface area contributed by atoms with E-state index in [9.17, 15) is 9.18 Å². The van der Waals surface area contributed by atoms with Crippen LogP contribution in [-0.4, -0.2) is 22.9 Å². The summed E-state index contributed by atoms with van der Waals surface area (Å²) in [5, 5.41) is 4.28. The van der Waals surface area contributed by atoms with E-state index >= 15 is 0 Å². The minimum atomic E-state index is -0.494. The first-order valence-corrected chi connectivity index (χ1v) is 7.16. The molecule has 0 aliphatic carbocycles. The van der Waals surface area contributed by atoms with Crippen LogP contribution in [0.25, 0.3) is 5.69 Å². The molecule has 2 rings (SSSR count). The van der Waals surface area contributed by atoms with E-state index in [0.717, 1.165) is 9.26 Å². The van der Waals surface area contributed by atoms with Crippen molar-refractivity contribution >= 4 is 28.6 Å². The van der Waals surface area contributed by atoms with Crippen LogP contribution >= 0.6 is 22.6 Å². The Bertz CT molecular complexity index is 653. The fraction of sp³-hybridized carbons (Fsp3) is 0.286. The maximum atomic E-state index is 13.4. The molecule has 4 nitrogen and oxygen atoms in total. The number of rotatable bonds is 3. The average molecular weight is 388 g/mol. The van der Waals surface area contributed by atoms with E-state index in [0.29, 0.717) is 5.69 Å². The van der Waals surface area contributed by atoms with Gasteiger partial charge in [-0.1, -0.05) is 19.9 Å². The van der Waals surface area contributed by atoms with Gasteiger partial charge in [0.05, 0.1) is 22.1 Å². The normalized spacial score (nSPS) is 10.9. The number of nitrogens with zero attached hydrogens (tertiary/aromatic N) is 2. The van der Waals surface area contributed by atoms with E-state index in [2.05, 4.69) is 27.7 Å². The Balaban J connectivity index is 2.66. The molecule has 0 bridgehead atoms. The maximum absolute atomic E-state index is 13.4. The number of methoxy groups -OCH3 is 1. The summed E-state index contributed by atoms with van der Waals surface area (Å²) < 4.78 is 20.4. The lowest BCUT2D eigenvalue weighted by Crippen LogP contribution is -2.06. The molecule has 0 spiro atoms. The van der Waals surface area contributed by atoms with Gasteiger partial charge in [0, 0.05) is 0 Å². The Labute approximate surface area is 130 Å². The van der Waals surface area contributed by atoms with Crippen molar-refractivity contribution in [2.24, 2.45) is 0 Å². The minimum absolute atomic E-state index is 0.135. The van der Waals surface area contributed by atoms with Gasteiger partial charge in [0.2, 0.25) is 0 Å². The number of halogens is 2. The lowest BCUT2D eigenvalue weighted by Gasteiger charge is -2.10. The van der Waals surface area contributed by atoms with Gasteiger partial charge in [0.15, 0.2) is 5.69 Å². The molecular formula is C14H14FIN2O2. The van der Waals surface area contributed by atoms with Crippen LogP contribution < -0.4 is 0 Å². The van der Waals surface area contributed by atoms with E-state index in [1.54, 1.807) is 16.8 Å². The molecular weight excluding hydrogens is 374 g/mol. The summed E-state index contributed by atoms with van der Waals surface area (Å²) >= 11 is 2.07. The lowest BCUT2D eigenvalue weighted by molar-refractivity contribution is 0.0592. The van der Waals surface area contributed by atoms with Gasteiger partial charge in [-0.25, -0.2) is 13.9 Å². The highest BCUT2D eigenvalue weighted by Crippen LogP contribution is 2.27. The van der Waals surface area contributed by atoms with Crippen molar-refractivity contribution in [3.8, 4) is 5.69 Å². The predicted octanol–water partition coefficient (Wildman–Crippen LogP) is 3.53. The molecule has 1 aromatic heterocycles. The van der Waals surface area contributed by atoms with Gasteiger partial charge >= 0.3 is 5.97 Å². The second-order valence-electron chi connectivity index (χ2n) is 4.59. The third-order valence-corrected chi connectivity index (χ3v) is 3.90. The molecule has 0 saturated heterocycles. The van der Waals surface area contributed by atoms with Crippen LogP contribution in [0, 0.1) is 9.39 Å². The summed E-state index contributed by atoms with van der Waals surface area (Å²) in [5.74, 6) is -0.704. The number of ether oxygens (including phenoxy) is 1. The molecule has 1 heterocycles. The quantitative estimate of drug-likeness (QED) is 0.597. The molecule has 0 saturated carbocycles. The highest BCUT2D eigenvalue weighted by molar-refractivity contribution is 14.1. The van der Waals surface area contributed by atoms with Crippen LogP contribution in [0.15, 0.2) is 24.3 Å². The zero-order valence-corrected chi connectivity index (χ0v) is 13.5. The third kappa shape index (κ3) is 2.70. The zero-order valence-electron chi connectivity index (χ0n) is 11.4. The Kier molecular flexibility index (Phi) is 4.42. The van der Waals surface area contributed by atoms with Crippen LogP contribution in [0.4, 0.5) is 4.39 Å². The van der Waals surface area contributed by atoms with E-state index in [1.165, 1.54) is 19.2 Å². The number of carbonyl (C=O) groups is 1. The second-order valence-corrected chi connectivity index (χ2v) is 5.66. The molecule has 0 fully saturated rings. The van der Waals surface area contributed by atoms with Gasteiger partial charge in [-0.2, -0.15) is 5.10 Å². The molecule has 0 amide bonds. The number of benzene rings is 1. The van der Waals surface area contributed by atoms with Crippen LogP contribution in [0.5, 0.6) is 0 Å². The summed E-state index contributed by atoms with van der Waals surface area (Å²) in [7, 11) is 1.31. The molecule has 20 heavy (non-hydrogen) atoms.